The summed E-state index contributed by atoms with van der Waals surface area (Å²) < 4.78 is 0. The molecular formula is CNa3O3PS2. The molecule has 0 rings (SSSR count). The van der Waals surface area contributed by atoms with Gasteiger partial charge in [-0.2, -0.15) is 6.49 Å². The van der Waals surface area contributed by atoms with Gasteiger partial charge in [-0.05, 0) is 0 Å². The van der Waals surface area contributed by atoms with E-state index in [2.05, 4.69) is 24.4 Å². The molecule has 0 atom stereocenters. The molecule has 0 N–H and O–H groups in total. The zero-order valence-electron chi connectivity index (χ0n) is 5.99. The van der Waals surface area contributed by atoms with Crippen molar-refractivity contribution in [2.45, 2.75) is 0 Å². The molecule has 0 aromatic heterocycles. The molecule has 0 aliphatic heterocycles. The van der Waals surface area contributed by atoms with Crippen molar-refractivity contribution in [2.24, 2.45) is 0 Å². The van der Waals surface area contributed by atoms with Crippen molar-refractivity contribution in [3.63, 3.8) is 0 Å². The fraction of sp³-hybridized carbons (Fsp3) is 0. The van der Waals surface area contributed by atoms with E-state index < -0.39 is 11.3 Å². The van der Waals surface area contributed by atoms with Crippen molar-refractivity contribution in [3.05, 3.63) is 0 Å². The summed E-state index contributed by atoms with van der Waals surface area (Å²) in [5.41, 5.74) is 0. The van der Waals surface area contributed by atoms with Crippen molar-refractivity contribution in [1.82, 2.24) is 0 Å². The average Bonchev–Trinajstić information content (AvgIpc) is 1.31. The summed E-state index contributed by atoms with van der Waals surface area (Å²) in [4.78, 5) is 27.7. The van der Waals surface area contributed by atoms with E-state index in [-0.39, 0.29) is 88.7 Å². The molecule has 0 radical (unpaired) electrons. The number of hydrogen-bond acceptors (Lipinski definition) is 5. The van der Waals surface area contributed by atoms with Gasteiger partial charge in [0.25, 0.3) is 0 Å². The van der Waals surface area contributed by atoms with Crippen molar-refractivity contribution in [1.29, 1.82) is 0 Å². The van der Waals surface area contributed by atoms with Gasteiger partial charge in [0.05, 0.1) is 0 Å². The summed E-state index contributed by atoms with van der Waals surface area (Å²) in [5.74, 6) is 0. The molecule has 42 valence electrons. The van der Waals surface area contributed by atoms with Gasteiger partial charge in [-0.1, -0.05) is 0 Å². The van der Waals surface area contributed by atoms with Gasteiger partial charge in [0.15, 0.2) is 0 Å². The second kappa shape index (κ2) is 10.5. The van der Waals surface area contributed by atoms with Crippen LogP contribution in [0.25, 0.3) is 0 Å². The van der Waals surface area contributed by atoms with Crippen LogP contribution in [0.3, 0.4) is 0 Å². The van der Waals surface area contributed by atoms with E-state index in [9.17, 15) is 14.6 Å². The number of carbonyl (C=O) groups excluding carboxylic acids is 1. The Morgan fingerprint density at radius 2 is 1.40 bits per heavy atom. The maximum Gasteiger partial charge on any atom is 1.00 e. The zero-order valence-corrected chi connectivity index (χ0v) is 14.5. The van der Waals surface area contributed by atoms with Crippen LogP contribution in [0.5, 0.6) is 0 Å². The average molecular weight is 224 g/mol. The van der Waals surface area contributed by atoms with Gasteiger partial charge in [0.2, 0.25) is 0 Å². The van der Waals surface area contributed by atoms with E-state index in [4.69, 9.17) is 0 Å². The predicted octanol–water partition coefficient (Wildman–Crippen LogP) is -10.3. The van der Waals surface area contributed by atoms with E-state index in [1.165, 1.54) is 0 Å². The van der Waals surface area contributed by atoms with Gasteiger partial charge in [-0.25, -0.2) is 0 Å². The molecule has 0 heterocycles. The Morgan fingerprint density at radius 3 is 1.40 bits per heavy atom. The maximum absolute atomic E-state index is 9.72. The number of rotatable bonds is 1. The number of carbonyl (C=O) groups is 1. The van der Waals surface area contributed by atoms with Crippen LogP contribution in [0.2, 0.25) is 0 Å². The summed E-state index contributed by atoms with van der Waals surface area (Å²) >= 11 is 7.35. The van der Waals surface area contributed by atoms with Crippen LogP contribution in [-0.2, 0) is 24.4 Å². The Morgan fingerprint density at radius 1 is 1.30 bits per heavy atom. The largest absolute Gasteiger partial charge is 1.00 e. The van der Waals surface area contributed by atoms with Crippen LogP contribution in [0.1, 0.15) is 0 Å². The van der Waals surface area contributed by atoms with E-state index >= 15 is 0 Å². The first kappa shape index (κ1) is 23.4. The van der Waals surface area contributed by atoms with E-state index in [1.807, 2.05) is 0 Å². The quantitative estimate of drug-likeness (QED) is 0.251. The molecule has 0 saturated heterocycles. The fourth-order valence-electron chi connectivity index (χ4n) is 0. The molecule has 3 nitrogen and oxygen atoms in total. The molecule has 0 aromatic carbocycles. The van der Waals surface area contributed by atoms with E-state index in [1.54, 1.807) is 0 Å². The van der Waals surface area contributed by atoms with E-state index in [0.29, 0.717) is 0 Å². The van der Waals surface area contributed by atoms with E-state index in [0.717, 1.165) is 0 Å². The Balaban J connectivity index is -0.0000000600. The molecule has 0 aromatic rings. The Hall–Kier alpha value is 3.46. The van der Waals surface area contributed by atoms with Crippen molar-refractivity contribution in [3.8, 4) is 0 Å². The first-order valence-corrected chi connectivity index (χ1v) is 4.23. The van der Waals surface area contributed by atoms with Gasteiger partial charge in [0.1, 0.15) is 0 Å². The standard InChI is InChI=1S/CH3O3PS2.3Na/c2-1(6)5(3,4)7;;;/h(H,2,6)(H2,3,4,7);;;/q;3*+1/p-3. The molecule has 0 aliphatic rings. The van der Waals surface area contributed by atoms with Crippen LogP contribution in [0.4, 0.5) is 4.79 Å². The van der Waals surface area contributed by atoms with Crippen LogP contribution >= 0.6 is 6.49 Å². The second-order valence-electron chi connectivity index (χ2n) is 0.763. The summed E-state index contributed by atoms with van der Waals surface area (Å²) in [6, 6.07) is 0. The molecular weight excluding hydrogens is 224 g/mol. The Bertz CT molecular complexity index is 134. The molecule has 0 aliphatic carbocycles. The SMILES string of the molecule is O=C([S-])P([O-])([O-])=S.[Na+].[Na+].[Na+]. The topological polar surface area (TPSA) is 63.2 Å². The monoisotopic (exact) mass is 224 g/mol. The number of hydrogen-bond donors (Lipinski definition) is 0. The van der Waals surface area contributed by atoms with Crippen LogP contribution in [0, 0.1) is 0 Å². The minimum atomic E-state index is -4.23. The molecule has 0 bridgehead atoms. The zero-order chi connectivity index (χ0) is 6.08. The van der Waals surface area contributed by atoms with Gasteiger partial charge in [-0.15, -0.1) is 11.8 Å². The van der Waals surface area contributed by atoms with Crippen molar-refractivity contribution < 1.29 is 103 Å². The third-order valence-electron chi connectivity index (χ3n) is 0.224. The van der Waals surface area contributed by atoms with Crippen molar-refractivity contribution >= 4 is 35.8 Å². The summed E-state index contributed by atoms with van der Waals surface area (Å²) in [5, 5.41) is 0. The van der Waals surface area contributed by atoms with Gasteiger partial charge >= 0.3 is 88.7 Å². The van der Waals surface area contributed by atoms with Crippen molar-refractivity contribution in [2.75, 3.05) is 0 Å². The minimum absolute atomic E-state index is 0. The molecule has 0 spiro atoms. The van der Waals surface area contributed by atoms with Crippen LogP contribution in [0.15, 0.2) is 0 Å². The molecule has 0 amide bonds. The predicted molar refractivity (Wildman–Crippen MR) is 27.0 cm³/mol. The van der Waals surface area contributed by atoms with Gasteiger partial charge in [-0.3, -0.25) is 0 Å². The normalized spacial score (nSPS) is 7.80. The minimum Gasteiger partial charge on any atom is -0.828 e. The first-order valence-electron chi connectivity index (χ1n) is 1.18. The fourth-order valence-corrected chi connectivity index (χ4v) is 0. The molecule has 0 saturated carbocycles. The second-order valence-corrected chi connectivity index (χ2v) is 4.28. The van der Waals surface area contributed by atoms with Gasteiger partial charge < -0.3 is 27.2 Å². The van der Waals surface area contributed by atoms with Crippen LogP contribution in [-0.4, -0.2) is 4.86 Å². The third kappa shape index (κ3) is 14.0. The third-order valence-corrected chi connectivity index (χ3v) is 2.24. The first-order chi connectivity index (χ1) is 2.94. The summed E-state index contributed by atoms with van der Waals surface area (Å²) in [6.07, 6.45) is 0. The maximum atomic E-state index is 9.72. The van der Waals surface area contributed by atoms with Crippen LogP contribution < -0.4 is 98.5 Å². The summed E-state index contributed by atoms with van der Waals surface area (Å²) in [7, 11) is 0. The summed E-state index contributed by atoms with van der Waals surface area (Å²) in [6.45, 7) is -4.23. The Kier molecular flexibility index (Phi) is 24.6. The smallest absolute Gasteiger partial charge is 0.828 e. The molecule has 0 fully saturated rings. The van der Waals surface area contributed by atoms with Gasteiger partial charge in [0, 0.05) is 4.86 Å². The molecule has 9 heteroatoms. The molecule has 0 unspecified atom stereocenters. The molecule has 10 heavy (non-hydrogen) atoms. The Labute approximate surface area is 136 Å².